The van der Waals surface area contributed by atoms with Crippen LogP contribution in [-0.2, 0) is 14.8 Å². The maximum Gasteiger partial charge on any atom is 0.244 e. The average Bonchev–Trinajstić information content (AvgIpc) is 2.34. The van der Waals surface area contributed by atoms with Crippen LogP contribution in [0.3, 0.4) is 0 Å². The summed E-state index contributed by atoms with van der Waals surface area (Å²) in [7, 11) is -2.03. The van der Waals surface area contributed by atoms with Crippen molar-refractivity contribution >= 4 is 21.7 Å². The maximum absolute atomic E-state index is 12.0. The molecule has 1 rings (SSSR count). The Morgan fingerprint density at radius 2 is 2.11 bits per heavy atom. The highest BCUT2D eigenvalue weighted by Crippen LogP contribution is 2.16. The Morgan fingerprint density at radius 3 is 2.72 bits per heavy atom. The molecule has 1 aromatic heterocycles. The van der Waals surface area contributed by atoms with E-state index in [9.17, 15) is 13.2 Å². The van der Waals surface area contributed by atoms with Gasteiger partial charge in [-0.3, -0.25) is 4.79 Å². The lowest BCUT2D eigenvalue weighted by atomic mass is 10.5. The monoisotopic (exact) mass is 272 g/mol. The van der Waals surface area contributed by atoms with E-state index in [1.807, 2.05) is 0 Å². The van der Waals surface area contributed by atoms with Gasteiger partial charge in [0.1, 0.15) is 10.7 Å². The summed E-state index contributed by atoms with van der Waals surface area (Å²) in [5.41, 5.74) is 0. The van der Waals surface area contributed by atoms with Gasteiger partial charge in [0.25, 0.3) is 0 Å². The molecule has 0 aliphatic rings. The van der Waals surface area contributed by atoms with Gasteiger partial charge in [0.15, 0.2) is 0 Å². The molecular weight excluding hydrogens is 256 g/mol. The van der Waals surface area contributed by atoms with Gasteiger partial charge in [-0.2, -0.15) is 0 Å². The lowest BCUT2D eigenvalue weighted by Crippen LogP contribution is -2.34. The Balaban J connectivity index is 2.71. The summed E-state index contributed by atoms with van der Waals surface area (Å²) in [6.45, 7) is 1.73. The van der Waals surface area contributed by atoms with Crippen molar-refractivity contribution in [3.63, 3.8) is 0 Å². The number of aromatic nitrogens is 1. The van der Waals surface area contributed by atoms with Gasteiger partial charge in [0.05, 0.1) is 0 Å². The lowest BCUT2D eigenvalue weighted by Gasteiger charge is -2.10. The van der Waals surface area contributed by atoms with Gasteiger partial charge in [-0.25, -0.2) is 18.1 Å². The van der Waals surface area contributed by atoms with Crippen LogP contribution >= 0.6 is 0 Å². The van der Waals surface area contributed by atoms with Crippen LogP contribution in [0.15, 0.2) is 23.2 Å². The molecule has 0 unspecified atom stereocenters. The fourth-order valence-electron chi connectivity index (χ4n) is 1.30. The fraction of sp³-hybridized carbons (Fsp3) is 0.400. The molecule has 1 aromatic rings. The molecule has 1 amide bonds. The molecule has 18 heavy (non-hydrogen) atoms. The zero-order chi connectivity index (χ0) is 13.6. The van der Waals surface area contributed by atoms with Crippen molar-refractivity contribution in [3.05, 3.63) is 18.3 Å². The second-order valence-electron chi connectivity index (χ2n) is 3.48. The molecule has 7 nitrogen and oxygen atoms in total. The fourth-order valence-corrected chi connectivity index (χ4v) is 2.49. The van der Waals surface area contributed by atoms with Crippen LogP contribution in [0.2, 0.25) is 0 Å². The lowest BCUT2D eigenvalue weighted by molar-refractivity contribution is -0.118. The average molecular weight is 272 g/mol. The summed E-state index contributed by atoms with van der Waals surface area (Å²) in [5.74, 6) is 0.0796. The second-order valence-corrected chi connectivity index (χ2v) is 5.22. The van der Waals surface area contributed by atoms with Crippen LogP contribution in [0.4, 0.5) is 5.82 Å². The molecule has 0 atom stereocenters. The van der Waals surface area contributed by atoms with Gasteiger partial charge in [-0.15, -0.1) is 0 Å². The summed E-state index contributed by atoms with van der Waals surface area (Å²) in [6, 6.07) is 3.00. The molecular formula is C10H16N4O3S. The first-order valence-corrected chi connectivity index (χ1v) is 6.82. The quantitative estimate of drug-likeness (QED) is 0.608. The number of hydrogen-bond donors (Lipinski definition) is 3. The van der Waals surface area contributed by atoms with E-state index in [1.165, 1.54) is 19.2 Å². The first-order valence-electron chi connectivity index (χ1n) is 5.34. The predicted molar refractivity (Wildman–Crippen MR) is 67.7 cm³/mol. The number of rotatable bonds is 6. The Morgan fingerprint density at radius 1 is 1.39 bits per heavy atom. The van der Waals surface area contributed by atoms with Crippen LogP contribution < -0.4 is 15.4 Å². The van der Waals surface area contributed by atoms with E-state index < -0.39 is 10.0 Å². The van der Waals surface area contributed by atoms with Crippen molar-refractivity contribution in [3.8, 4) is 0 Å². The first-order chi connectivity index (χ1) is 8.47. The van der Waals surface area contributed by atoms with E-state index >= 15 is 0 Å². The predicted octanol–water partition coefficient (Wildman–Crippen LogP) is -0.462. The molecule has 100 valence electrons. The van der Waals surface area contributed by atoms with Crippen LogP contribution in [0.1, 0.15) is 6.92 Å². The number of nitrogens with zero attached hydrogens (tertiary/aromatic N) is 1. The number of sulfonamides is 1. The molecule has 0 saturated heterocycles. The van der Waals surface area contributed by atoms with Crippen LogP contribution in [0, 0.1) is 0 Å². The Kier molecular flexibility index (Phi) is 5.05. The van der Waals surface area contributed by atoms with Gasteiger partial charge in [0, 0.05) is 33.3 Å². The maximum atomic E-state index is 12.0. The van der Waals surface area contributed by atoms with Gasteiger partial charge in [-0.1, -0.05) is 0 Å². The minimum absolute atomic E-state index is 0.0790. The molecule has 1 heterocycles. The van der Waals surface area contributed by atoms with E-state index in [1.54, 1.807) is 13.1 Å². The van der Waals surface area contributed by atoms with Crippen molar-refractivity contribution in [2.75, 3.05) is 25.5 Å². The largest absolute Gasteiger partial charge is 0.372 e. The number of hydrogen-bond acceptors (Lipinski definition) is 5. The molecule has 8 heteroatoms. The number of carbonyl (C=O) groups excluding carboxylic acids is 1. The topological polar surface area (TPSA) is 100 Å². The van der Waals surface area contributed by atoms with Crippen molar-refractivity contribution in [2.24, 2.45) is 0 Å². The number of carbonyl (C=O) groups is 1. The van der Waals surface area contributed by atoms with Gasteiger partial charge in [0.2, 0.25) is 15.9 Å². The van der Waals surface area contributed by atoms with Crippen molar-refractivity contribution in [1.29, 1.82) is 0 Å². The zero-order valence-electron chi connectivity index (χ0n) is 10.2. The summed E-state index contributed by atoms with van der Waals surface area (Å²) in [5, 5.41) is 5.21. The Hall–Kier alpha value is -1.67. The SMILES string of the molecule is CNc1ncccc1S(=O)(=O)NCCNC(C)=O. The molecule has 0 spiro atoms. The Labute approximate surface area is 106 Å². The van der Waals surface area contributed by atoms with Gasteiger partial charge >= 0.3 is 0 Å². The van der Waals surface area contributed by atoms with Crippen molar-refractivity contribution < 1.29 is 13.2 Å². The zero-order valence-corrected chi connectivity index (χ0v) is 11.0. The number of amides is 1. The third-order valence-electron chi connectivity index (χ3n) is 2.09. The second kappa shape index (κ2) is 6.31. The highest BCUT2D eigenvalue weighted by atomic mass is 32.2. The summed E-state index contributed by atoms with van der Waals surface area (Å²) >= 11 is 0. The molecule has 0 fully saturated rings. The van der Waals surface area contributed by atoms with Crippen LogP contribution in [0.25, 0.3) is 0 Å². The molecule has 0 aromatic carbocycles. The number of anilines is 1. The third kappa shape index (κ3) is 3.97. The molecule has 0 aliphatic heterocycles. The van der Waals surface area contributed by atoms with E-state index in [4.69, 9.17) is 0 Å². The van der Waals surface area contributed by atoms with E-state index in [2.05, 4.69) is 20.3 Å². The van der Waals surface area contributed by atoms with E-state index in [0.717, 1.165) is 0 Å². The summed E-state index contributed by atoms with van der Waals surface area (Å²) in [4.78, 5) is 14.6. The molecule has 3 N–H and O–H groups in total. The normalized spacial score (nSPS) is 11.0. The van der Waals surface area contributed by atoms with E-state index in [-0.39, 0.29) is 29.7 Å². The van der Waals surface area contributed by atoms with Crippen LogP contribution in [-0.4, -0.2) is 39.4 Å². The highest BCUT2D eigenvalue weighted by Gasteiger charge is 2.17. The molecule has 0 bridgehead atoms. The Bertz CT molecular complexity index is 516. The summed E-state index contributed by atoms with van der Waals surface area (Å²) in [6.07, 6.45) is 1.50. The first kappa shape index (κ1) is 14.4. The smallest absolute Gasteiger partial charge is 0.244 e. The van der Waals surface area contributed by atoms with Gasteiger partial charge in [-0.05, 0) is 12.1 Å². The standard InChI is InChI=1S/C10H16N4O3S/c1-8(15)12-6-7-14-18(16,17)9-4-3-5-13-10(9)11-2/h3-5,14H,6-7H2,1-2H3,(H,11,13)(H,12,15). The summed E-state index contributed by atoms with van der Waals surface area (Å²) < 4.78 is 26.3. The van der Waals surface area contributed by atoms with Crippen molar-refractivity contribution in [2.45, 2.75) is 11.8 Å². The van der Waals surface area contributed by atoms with Crippen molar-refractivity contribution in [1.82, 2.24) is 15.0 Å². The molecule has 0 radical (unpaired) electrons. The third-order valence-corrected chi connectivity index (χ3v) is 3.58. The minimum Gasteiger partial charge on any atom is -0.372 e. The van der Waals surface area contributed by atoms with E-state index in [0.29, 0.717) is 0 Å². The van der Waals surface area contributed by atoms with Gasteiger partial charge < -0.3 is 10.6 Å². The number of pyridine rings is 1. The molecule has 0 aliphatic carbocycles. The highest BCUT2D eigenvalue weighted by molar-refractivity contribution is 7.89. The van der Waals surface area contributed by atoms with Crippen LogP contribution in [0.5, 0.6) is 0 Å². The minimum atomic E-state index is -3.63. The molecule has 0 saturated carbocycles. The number of nitrogens with one attached hydrogen (secondary N) is 3.